The molecule has 0 unspecified atom stereocenters. The van der Waals surface area contributed by atoms with Crippen molar-refractivity contribution in [1.82, 2.24) is 4.90 Å². The lowest BCUT2D eigenvalue weighted by atomic mass is 9.95. The number of ether oxygens (including phenoxy) is 1. The Labute approximate surface area is 183 Å². The van der Waals surface area contributed by atoms with E-state index in [4.69, 9.17) is 4.74 Å². The standard InChI is InChI=1S/C26H27NO2S/c1-2-24(21-12-7-4-8-13-21)25(28)27-16-17-30-26(27)22-14-9-15-23(18-22)29-19-20-10-5-3-6-11-20/h3-15,18,24,26H,2,16-17,19H2,1H3/t24-,26-/m1/s1. The molecule has 4 heteroatoms. The molecule has 154 valence electrons. The van der Waals surface area contributed by atoms with Gasteiger partial charge in [-0.15, -0.1) is 11.8 Å². The SMILES string of the molecule is CC[C@@H](C(=O)N1CCS[C@@H]1c1cccc(OCc2ccccc2)c1)c1ccccc1. The van der Waals surface area contributed by atoms with Crippen LogP contribution < -0.4 is 4.74 Å². The Morgan fingerprint density at radius 1 is 1.03 bits per heavy atom. The number of benzene rings is 3. The van der Waals surface area contributed by atoms with Crippen LogP contribution in [-0.2, 0) is 11.4 Å². The maximum Gasteiger partial charge on any atom is 0.231 e. The lowest BCUT2D eigenvalue weighted by Gasteiger charge is -2.28. The second-order valence-electron chi connectivity index (χ2n) is 7.47. The zero-order chi connectivity index (χ0) is 20.8. The summed E-state index contributed by atoms with van der Waals surface area (Å²) >= 11 is 1.83. The third-order valence-corrected chi connectivity index (χ3v) is 6.73. The van der Waals surface area contributed by atoms with Crippen molar-refractivity contribution in [2.24, 2.45) is 0 Å². The molecule has 3 aromatic carbocycles. The van der Waals surface area contributed by atoms with Gasteiger partial charge in [0.1, 0.15) is 17.7 Å². The zero-order valence-electron chi connectivity index (χ0n) is 17.2. The number of rotatable bonds is 7. The molecule has 0 radical (unpaired) electrons. The van der Waals surface area contributed by atoms with Crippen LogP contribution in [0.2, 0.25) is 0 Å². The van der Waals surface area contributed by atoms with Gasteiger partial charge in [0.25, 0.3) is 0 Å². The van der Waals surface area contributed by atoms with Gasteiger partial charge in [0.05, 0.1) is 5.92 Å². The molecule has 0 aromatic heterocycles. The molecule has 0 aliphatic carbocycles. The van der Waals surface area contributed by atoms with Crippen molar-refractivity contribution >= 4 is 17.7 Å². The molecular formula is C26H27NO2S. The Kier molecular flexibility index (Phi) is 6.75. The van der Waals surface area contributed by atoms with Gasteiger partial charge >= 0.3 is 0 Å². The topological polar surface area (TPSA) is 29.5 Å². The third kappa shape index (κ3) is 4.71. The molecular weight excluding hydrogens is 390 g/mol. The first-order valence-electron chi connectivity index (χ1n) is 10.5. The molecule has 0 saturated carbocycles. The van der Waals surface area contributed by atoms with Crippen LogP contribution in [0.25, 0.3) is 0 Å². The van der Waals surface area contributed by atoms with E-state index < -0.39 is 0 Å². The minimum absolute atomic E-state index is 0.0375. The first-order chi connectivity index (χ1) is 14.8. The summed E-state index contributed by atoms with van der Waals surface area (Å²) in [4.78, 5) is 15.5. The van der Waals surface area contributed by atoms with E-state index in [-0.39, 0.29) is 17.2 Å². The van der Waals surface area contributed by atoms with Gasteiger partial charge in [-0.3, -0.25) is 4.79 Å². The van der Waals surface area contributed by atoms with Gasteiger partial charge < -0.3 is 9.64 Å². The Hall–Kier alpha value is -2.72. The van der Waals surface area contributed by atoms with Crippen LogP contribution in [0.5, 0.6) is 5.75 Å². The van der Waals surface area contributed by atoms with Crippen LogP contribution in [0.4, 0.5) is 0 Å². The summed E-state index contributed by atoms with van der Waals surface area (Å²) in [6.07, 6.45) is 0.803. The predicted molar refractivity (Wildman–Crippen MR) is 124 cm³/mol. The lowest BCUT2D eigenvalue weighted by Crippen LogP contribution is -2.34. The molecule has 0 spiro atoms. The monoisotopic (exact) mass is 417 g/mol. The number of hydrogen-bond acceptors (Lipinski definition) is 3. The molecule has 0 bridgehead atoms. The number of thioether (sulfide) groups is 1. The Morgan fingerprint density at radius 3 is 2.50 bits per heavy atom. The van der Waals surface area contributed by atoms with Crippen LogP contribution >= 0.6 is 11.8 Å². The van der Waals surface area contributed by atoms with Gasteiger partial charge in [0.15, 0.2) is 0 Å². The van der Waals surface area contributed by atoms with Crippen molar-refractivity contribution in [3.63, 3.8) is 0 Å². The summed E-state index contributed by atoms with van der Waals surface area (Å²) in [5, 5.41) is 0.0375. The summed E-state index contributed by atoms with van der Waals surface area (Å²) in [7, 11) is 0. The maximum atomic E-state index is 13.4. The average Bonchev–Trinajstić information content (AvgIpc) is 3.30. The summed E-state index contributed by atoms with van der Waals surface area (Å²) in [6, 6.07) is 28.5. The number of amides is 1. The van der Waals surface area contributed by atoms with Crippen molar-refractivity contribution in [2.75, 3.05) is 12.3 Å². The Bertz CT molecular complexity index is 961. The molecule has 4 rings (SSSR count). The molecule has 1 aliphatic rings. The molecule has 0 N–H and O–H groups in total. The number of carbonyl (C=O) groups excluding carboxylic acids is 1. The molecule has 1 amide bonds. The smallest absolute Gasteiger partial charge is 0.231 e. The molecule has 1 aliphatic heterocycles. The largest absolute Gasteiger partial charge is 0.489 e. The molecule has 1 fully saturated rings. The summed E-state index contributed by atoms with van der Waals surface area (Å²) in [6.45, 7) is 3.41. The average molecular weight is 418 g/mol. The van der Waals surface area contributed by atoms with Crippen LogP contribution in [0, 0.1) is 0 Å². The first-order valence-corrected chi connectivity index (χ1v) is 11.5. The van der Waals surface area contributed by atoms with Gasteiger partial charge in [-0.1, -0.05) is 79.7 Å². The van der Waals surface area contributed by atoms with E-state index in [1.165, 1.54) is 0 Å². The highest BCUT2D eigenvalue weighted by molar-refractivity contribution is 7.99. The number of nitrogens with zero attached hydrogens (tertiary/aromatic N) is 1. The molecule has 1 saturated heterocycles. The van der Waals surface area contributed by atoms with Crippen molar-refractivity contribution < 1.29 is 9.53 Å². The minimum Gasteiger partial charge on any atom is -0.489 e. The molecule has 30 heavy (non-hydrogen) atoms. The Morgan fingerprint density at radius 2 is 1.77 bits per heavy atom. The molecule has 1 heterocycles. The fraction of sp³-hybridized carbons (Fsp3) is 0.269. The fourth-order valence-corrected chi connectivity index (χ4v) is 5.16. The van der Waals surface area contributed by atoms with Crippen molar-refractivity contribution in [1.29, 1.82) is 0 Å². The van der Waals surface area contributed by atoms with Gasteiger partial charge in [0, 0.05) is 12.3 Å². The fourth-order valence-electron chi connectivity index (χ4n) is 3.91. The number of hydrogen-bond donors (Lipinski definition) is 0. The van der Waals surface area contributed by atoms with Crippen molar-refractivity contribution in [3.8, 4) is 5.75 Å². The van der Waals surface area contributed by atoms with Crippen LogP contribution in [0.15, 0.2) is 84.9 Å². The van der Waals surface area contributed by atoms with Crippen LogP contribution in [0.1, 0.15) is 41.3 Å². The highest BCUT2D eigenvalue weighted by atomic mass is 32.2. The molecule has 3 nitrogen and oxygen atoms in total. The van der Waals surface area contributed by atoms with Gasteiger partial charge in [0.2, 0.25) is 5.91 Å². The van der Waals surface area contributed by atoms with E-state index in [2.05, 4.69) is 43.3 Å². The van der Waals surface area contributed by atoms with E-state index >= 15 is 0 Å². The lowest BCUT2D eigenvalue weighted by molar-refractivity contribution is -0.133. The van der Waals surface area contributed by atoms with Gasteiger partial charge in [-0.25, -0.2) is 0 Å². The first kappa shape index (κ1) is 20.5. The molecule has 2 atom stereocenters. The highest BCUT2D eigenvalue weighted by Crippen LogP contribution is 2.41. The zero-order valence-corrected chi connectivity index (χ0v) is 18.1. The van der Waals surface area contributed by atoms with Crippen LogP contribution in [0.3, 0.4) is 0 Å². The van der Waals surface area contributed by atoms with E-state index in [0.717, 1.165) is 41.2 Å². The molecule has 3 aromatic rings. The van der Waals surface area contributed by atoms with E-state index in [0.29, 0.717) is 6.61 Å². The maximum absolute atomic E-state index is 13.4. The summed E-state index contributed by atoms with van der Waals surface area (Å²) in [5.74, 6) is 1.92. The summed E-state index contributed by atoms with van der Waals surface area (Å²) < 4.78 is 6.01. The normalized spacial score (nSPS) is 17.0. The third-order valence-electron chi connectivity index (χ3n) is 5.47. The highest BCUT2D eigenvalue weighted by Gasteiger charge is 2.34. The second-order valence-corrected chi connectivity index (χ2v) is 8.66. The second kappa shape index (κ2) is 9.86. The van der Waals surface area contributed by atoms with Crippen molar-refractivity contribution in [3.05, 3.63) is 102 Å². The van der Waals surface area contributed by atoms with E-state index in [9.17, 15) is 4.79 Å². The van der Waals surface area contributed by atoms with E-state index in [1.807, 2.05) is 65.2 Å². The van der Waals surface area contributed by atoms with E-state index in [1.54, 1.807) is 0 Å². The van der Waals surface area contributed by atoms with Gasteiger partial charge in [-0.2, -0.15) is 0 Å². The predicted octanol–water partition coefficient (Wildman–Crippen LogP) is 6.03. The summed E-state index contributed by atoms with van der Waals surface area (Å²) in [5.41, 5.74) is 3.36. The Balaban J connectivity index is 1.49. The number of carbonyl (C=O) groups is 1. The van der Waals surface area contributed by atoms with Gasteiger partial charge in [-0.05, 0) is 35.2 Å². The minimum atomic E-state index is -0.0927. The van der Waals surface area contributed by atoms with Crippen molar-refractivity contribution in [2.45, 2.75) is 31.2 Å². The quantitative estimate of drug-likeness (QED) is 0.470. The van der Waals surface area contributed by atoms with Crippen LogP contribution in [-0.4, -0.2) is 23.1 Å².